The molecule has 0 rings (SSSR count). The van der Waals surface area contributed by atoms with Crippen LogP contribution in [0.2, 0.25) is 0 Å². The van der Waals surface area contributed by atoms with Crippen molar-refractivity contribution >= 4 is 5.84 Å². The molecule has 0 radical (unpaired) electrons. The van der Waals surface area contributed by atoms with Gasteiger partial charge in [-0.05, 0) is 27.7 Å². The fourth-order valence-electron chi connectivity index (χ4n) is 1.30. The summed E-state index contributed by atoms with van der Waals surface area (Å²) in [5, 5.41) is 7.19. The topological polar surface area (TPSA) is 62.3 Å². The van der Waals surface area contributed by atoms with Crippen molar-refractivity contribution in [1.82, 2.24) is 4.90 Å². The minimum absolute atomic E-state index is 0.255. The number of hydrogen-bond donors (Lipinski definition) is 2. The molecule has 0 aliphatic carbocycles. The zero-order chi connectivity index (χ0) is 11.8. The van der Waals surface area contributed by atoms with E-state index in [2.05, 4.69) is 18.7 Å². The van der Waals surface area contributed by atoms with Gasteiger partial charge in [0.2, 0.25) is 0 Å². The Kier molecular flexibility index (Phi) is 7.34. The van der Waals surface area contributed by atoms with Gasteiger partial charge in [-0.3, -0.25) is 10.3 Å². The standard InChI is InChI=1S/C11H25N3O/c1-9(2)14(6-5-11(12)13)7-8-15-10(3)4/h9-10H,5-8H2,1-4H3,(H3,12,13). The molecule has 15 heavy (non-hydrogen) atoms. The lowest BCUT2D eigenvalue weighted by Crippen LogP contribution is -2.36. The molecular formula is C11H25N3O. The second-order valence-electron chi connectivity index (χ2n) is 4.32. The minimum atomic E-state index is 0.255. The number of amidine groups is 1. The van der Waals surface area contributed by atoms with Crippen LogP contribution in [0.1, 0.15) is 34.1 Å². The summed E-state index contributed by atoms with van der Waals surface area (Å²) in [7, 11) is 0. The number of nitrogens with zero attached hydrogens (tertiary/aromatic N) is 1. The number of nitrogens with two attached hydrogens (primary N) is 1. The van der Waals surface area contributed by atoms with Gasteiger partial charge < -0.3 is 10.5 Å². The molecule has 0 spiro atoms. The van der Waals surface area contributed by atoms with Crippen molar-refractivity contribution < 1.29 is 4.74 Å². The van der Waals surface area contributed by atoms with Crippen LogP contribution >= 0.6 is 0 Å². The second kappa shape index (κ2) is 7.65. The smallest absolute Gasteiger partial charge is 0.0918 e. The molecule has 0 fully saturated rings. The van der Waals surface area contributed by atoms with Gasteiger partial charge in [0.15, 0.2) is 0 Å². The fourth-order valence-corrected chi connectivity index (χ4v) is 1.30. The van der Waals surface area contributed by atoms with E-state index in [4.69, 9.17) is 15.9 Å². The lowest BCUT2D eigenvalue weighted by molar-refractivity contribution is 0.0530. The van der Waals surface area contributed by atoms with E-state index >= 15 is 0 Å². The van der Waals surface area contributed by atoms with Gasteiger partial charge in [-0.1, -0.05) is 0 Å². The van der Waals surface area contributed by atoms with Gasteiger partial charge in [-0.2, -0.15) is 0 Å². The third-order valence-electron chi connectivity index (χ3n) is 2.23. The summed E-state index contributed by atoms with van der Waals surface area (Å²) in [5.41, 5.74) is 5.34. The van der Waals surface area contributed by atoms with Crippen LogP contribution in [-0.4, -0.2) is 42.6 Å². The number of nitrogens with one attached hydrogen (secondary N) is 1. The van der Waals surface area contributed by atoms with Gasteiger partial charge in [-0.25, -0.2) is 0 Å². The van der Waals surface area contributed by atoms with E-state index in [-0.39, 0.29) is 11.9 Å². The summed E-state index contributed by atoms with van der Waals surface area (Å²) < 4.78 is 5.50. The average Bonchev–Trinajstić information content (AvgIpc) is 2.09. The SMILES string of the molecule is CC(C)OCCN(CCC(=N)N)C(C)C. The maximum atomic E-state index is 7.19. The largest absolute Gasteiger partial charge is 0.388 e. The van der Waals surface area contributed by atoms with Gasteiger partial charge in [0.1, 0.15) is 0 Å². The second-order valence-corrected chi connectivity index (χ2v) is 4.32. The summed E-state index contributed by atoms with van der Waals surface area (Å²) in [6.07, 6.45) is 0.923. The van der Waals surface area contributed by atoms with Crippen LogP contribution in [0.25, 0.3) is 0 Å². The Morgan fingerprint density at radius 1 is 1.27 bits per heavy atom. The summed E-state index contributed by atoms with van der Waals surface area (Å²) in [6.45, 7) is 10.9. The van der Waals surface area contributed by atoms with Gasteiger partial charge in [0.25, 0.3) is 0 Å². The van der Waals surface area contributed by atoms with Crippen LogP contribution in [0.5, 0.6) is 0 Å². The molecule has 0 aromatic carbocycles. The maximum Gasteiger partial charge on any atom is 0.0918 e. The van der Waals surface area contributed by atoms with Crippen molar-refractivity contribution in [3.63, 3.8) is 0 Å². The molecule has 0 unspecified atom stereocenters. The molecule has 0 aliphatic rings. The highest BCUT2D eigenvalue weighted by atomic mass is 16.5. The van der Waals surface area contributed by atoms with E-state index in [0.29, 0.717) is 12.5 Å². The van der Waals surface area contributed by atoms with Crippen LogP contribution in [0.15, 0.2) is 0 Å². The maximum absolute atomic E-state index is 7.19. The highest BCUT2D eigenvalue weighted by Gasteiger charge is 2.09. The van der Waals surface area contributed by atoms with Crippen molar-refractivity contribution in [2.75, 3.05) is 19.7 Å². The predicted molar refractivity (Wildman–Crippen MR) is 64.3 cm³/mol. The number of rotatable bonds is 8. The van der Waals surface area contributed by atoms with Crippen molar-refractivity contribution in [3.8, 4) is 0 Å². The van der Waals surface area contributed by atoms with Crippen LogP contribution in [0, 0.1) is 5.41 Å². The normalized spacial score (nSPS) is 11.7. The first-order valence-electron chi connectivity index (χ1n) is 5.62. The molecule has 0 atom stereocenters. The molecule has 0 aromatic heterocycles. The Bertz CT molecular complexity index is 181. The van der Waals surface area contributed by atoms with Crippen LogP contribution in [-0.2, 0) is 4.74 Å². The molecule has 0 bridgehead atoms. The van der Waals surface area contributed by atoms with Gasteiger partial charge >= 0.3 is 0 Å². The highest BCUT2D eigenvalue weighted by molar-refractivity contribution is 5.76. The van der Waals surface area contributed by atoms with Crippen LogP contribution in [0.4, 0.5) is 0 Å². The number of hydrogen-bond acceptors (Lipinski definition) is 3. The fraction of sp³-hybridized carbons (Fsp3) is 0.909. The molecule has 3 N–H and O–H groups in total. The van der Waals surface area contributed by atoms with E-state index < -0.39 is 0 Å². The molecule has 0 amide bonds. The van der Waals surface area contributed by atoms with Crippen molar-refractivity contribution in [1.29, 1.82) is 5.41 Å². The van der Waals surface area contributed by atoms with Gasteiger partial charge in [0, 0.05) is 25.6 Å². The summed E-state index contributed by atoms with van der Waals surface area (Å²) >= 11 is 0. The Morgan fingerprint density at radius 2 is 1.87 bits per heavy atom. The van der Waals surface area contributed by atoms with E-state index in [1.165, 1.54) is 0 Å². The molecule has 0 aliphatic heterocycles. The van der Waals surface area contributed by atoms with Crippen LogP contribution in [0.3, 0.4) is 0 Å². The number of ether oxygens (including phenoxy) is 1. The first-order chi connectivity index (χ1) is 6.93. The van der Waals surface area contributed by atoms with Crippen molar-refractivity contribution in [2.24, 2.45) is 5.73 Å². The molecule has 90 valence electrons. The highest BCUT2D eigenvalue weighted by Crippen LogP contribution is 2.00. The Labute approximate surface area is 93.3 Å². The van der Waals surface area contributed by atoms with Gasteiger partial charge in [0.05, 0.1) is 18.5 Å². The lowest BCUT2D eigenvalue weighted by atomic mass is 10.2. The monoisotopic (exact) mass is 215 g/mol. The van der Waals surface area contributed by atoms with Gasteiger partial charge in [-0.15, -0.1) is 0 Å². The predicted octanol–water partition coefficient (Wildman–Crippen LogP) is 1.45. The lowest BCUT2D eigenvalue weighted by Gasteiger charge is -2.26. The molecule has 0 aromatic rings. The molecular weight excluding hydrogens is 190 g/mol. The molecule has 4 heteroatoms. The minimum Gasteiger partial charge on any atom is -0.388 e. The van der Waals surface area contributed by atoms with Crippen LogP contribution < -0.4 is 5.73 Å². The Morgan fingerprint density at radius 3 is 2.27 bits per heavy atom. The molecule has 4 nitrogen and oxygen atoms in total. The van der Waals surface area contributed by atoms with E-state index in [1.54, 1.807) is 0 Å². The summed E-state index contributed by atoms with van der Waals surface area (Å²) in [6, 6.07) is 0.472. The van der Waals surface area contributed by atoms with Crippen molar-refractivity contribution in [3.05, 3.63) is 0 Å². The molecule has 0 saturated heterocycles. The van der Waals surface area contributed by atoms with Crippen molar-refractivity contribution in [2.45, 2.75) is 46.3 Å². The third kappa shape index (κ3) is 8.39. The summed E-state index contributed by atoms with van der Waals surface area (Å²) in [4.78, 5) is 2.28. The third-order valence-corrected chi connectivity index (χ3v) is 2.23. The first kappa shape index (κ1) is 14.4. The first-order valence-corrected chi connectivity index (χ1v) is 5.62. The Hall–Kier alpha value is -0.610. The van der Waals surface area contributed by atoms with E-state index in [1.807, 2.05) is 13.8 Å². The Balaban J connectivity index is 3.78. The summed E-state index contributed by atoms with van der Waals surface area (Å²) in [5.74, 6) is 0.255. The van der Waals surface area contributed by atoms with E-state index in [9.17, 15) is 0 Å². The zero-order valence-corrected chi connectivity index (χ0v) is 10.4. The average molecular weight is 215 g/mol. The quantitative estimate of drug-likeness (QED) is 0.476. The molecule has 0 heterocycles. The zero-order valence-electron chi connectivity index (χ0n) is 10.4. The molecule has 0 saturated carbocycles. The van der Waals surface area contributed by atoms with E-state index in [0.717, 1.165) is 19.7 Å².